The number of hydrogen-bond acceptors (Lipinski definition) is 2. The van der Waals surface area contributed by atoms with Crippen LogP contribution in [-0.2, 0) is 6.18 Å². The van der Waals surface area contributed by atoms with Gasteiger partial charge in [-0.3, -0.25) is 0 Å². The average molecular weight is 522 g/mol. The molecule has 6 rings (SSSR count). The van der Waals surface area contributed by atoms with Crippen LogP contribution in [0.15, 0.2) is 90.3 Å². The van der Waals surface area contributed by atoms with Gasteiger partial charge in [-0.25, -0.2) is 20.2 Å². The Kier molecular flexibility index (Phi) is 5.41. The van der Waals surface area contributed by atoms with Crippen LogP contribution in [0.4, 0.5) is 13.2 Å². The van der Waals surface area contributed by atoms with Crippen LogP contribution in [0.25, 0.3) is 54.2 Å². The lowest BCUT2D eigenvalue weighted by Crippen LogP contribution is -2.03. The monoisotopic (exact) mass is 522 g/mol. The molecule has 0 radical (unpaired) electrons. The molecule has 2 aliphatic rings. The number of rotatable bonds is 1. The van der Waals surface area contributed by atoms with Gasteiger partial charge in [-0.2, -0.15) is 13.2 Å². The van der Waals surface area contributed by atoms with Gasteiger partial charge >= 0.3 is 6.18 Å². The van der Waals surface area contributed by atoms with Crippen molar-refractivity contribution >= 4 is 11.1 Å². The van der Waals surface area contributed by atoms with Crippen molar-refractivity contribution in [3.05, 3.63) is 141 Å². The number of benzene rings is 4. The zero-order valence-corrected chi connectivity index (χ0v) is 20.4. The van der Waals surface area contributed by atoms with Crippen molar-refractivity contribution in [2.45, 2.75) is 6.18 Å². The van der Waals surface area contributed by atoms with Crippen LogP contribution in [0.5, 0.6) is 0 Å². The molecular formula is C33H13F3N4. The highest BCUT2D eigenvalue weighted by Crippen LogP contribution is 2.54. The molecule has 0 amide bonds. The van der Waals surface area contributed by atoms with Crippen LogP contribution >= 0.6 is 0 Å². The molecular weight excluding hydrogens is 509 g/mol. The fraction of sp³-hybridized carbons (Fsp3) is 0.0303. The van der Waals surface area contributed by atoms with Gasteiger partial charge in [-0.15, -0.1) is 0 Å². The Morgan fingerprint density at radius 2 is 1.05 bits per heavy atom. The van der Waals surface area contributed by atoms with Crippen LogP contribution in [0, 0.1) is 35.8 Å². The van der Waals surface area contributed by atoms with Gasteiger partial charge in [0.05, 0.1) is 30.8 Å². The summed E-state index contributed by atoms with van der Waals surface area (Å²) in [6.07, 6.45) is -4.45. The number of nitriles is 2. The predicted molar refractivity (Wildman–Crippen MR) is 144 cm³/mol. The van der Waals surface area contributed by atoms with E-state index in [4.69, 9.17) is 13.1 Å². The molecule has 40 heavy (non-hydrogen) atoms. The smallest absolute Gasteiger partial charge is 0.226 e. The Bertz CT molecular complexity index is 1990. The van der Waals surface area contributed by atoms with Crippen molar-refractivity contribution in [2.75, 3.05) is 0 Å². The summed E-state index contributed by atoms with van der Waals surface area (Å²) in [6, 6.07) is 25.5. The standard InChI is InChI=1S/C33H13F3N4/c1-39-29(16-37)31-23-6-4-3-5-21(23)24-14-28-25(15-27(24)31)22-12-9-19(13-26(22)32(28)30(17-38)40-2)18-7-10-20(11-8-18)33(34,35)36/h3-15H. The zero-order valence-electron chi connectivity index (χ0n) is 20.4. The maximum absolute atomic E-state index is 13.1. The molecule has 4 aromatic rings. The van der Waals surface area contributed by atoms with Crippen LogP contribution in [-0.4, -0.2) is 0 Å². The molecule has 0 unspecified atom stereocenters. The quantitative estimate of drug-likeness (QED) is 0.160. The van der Waals surface area contributed by atoms with Crippen molar-refractivity contribution in [3.8, 4) is 45.5 Å². The molecule has 4 nitrogen and oxygen atoms in total. The van der Waals surface area contributed by atoms with Crippen LogP contribution in [0.2, 0.25) is 0 Å². The van der Waals surface area contributed by atoms with Crippen LogP contribution in [0.3, 0.4) is 0 Å². The van der Waals surface area contributed by atoms with E-state index in [0.717, 1.165) is 39.9 Å². The first-order valence-corrected chi connectivity index (χ1v) is 12.0. The molecule has 0 N–H and O–H groups in total. The summed E-state index contributed by atoms with van der Waals surface area (Å²) in [6.45, 7) is 15.3. The highest BCUT2D eigenvalue weighted by atomic mass is 19.4. The lowest BCUT2D eigenvalue weighted by molar-refractivity contribution is -0.137. The first-order chi connectivity index (χ1) is 19.3. The third kappa shape index (κ3) is 3.51. The molecule has 0 fully saturated rings. The minimum Gasteiger partial charge on any atom is -0.226 e. The largest absolute Gasteiger partial charge is 0.416 e. The SMILES string of the molecule is [C-]#[N+]C(C#N)=C1c2ccccc2-c2cc3c(cc21)-c1ccc(-c2ccc(C(F)(F)F)cc2)cc1C3=C(C#N)[N+]#[C-]. The molecule has 0 aliphatic heterocycles. The normalized spacial score (nSPS) is 14.9. The molecule has 0 heterocycles. The molecule has 0 saturated heterocycles. The maximum Gasteiger partial charge on any atom is 0.416 e. The number of allylic oxidation sites excluding steroid dienone is 2. The summed E-state index contributed by atoms with van der Waals surface area (Å²) in [5.41, 5.74) is 7.18. The summed E-state index contributed by atoms with van der Waals surface area (Å²) in [7, 11) is 0. The summed E-state index contributed by atoms with van der Waals surface area (Å²) in [5, 5.41) is 19.6. The van der Waals surface area contributed by atoms with E-state index in [-0.39, 0.29) is 11.4 Å². The van der Waals surface area contributed by atoms with Gasteiger partial charge in [0.25, 0.3) is 11.4 Å². The van der Waals surface area contributed by atoms with E-state index < -0.39 is 11.7 Å². The molecule has 2 aliphatic carbocycles. The van der Waals surface area contributed by atoms with Crippen molar-refractivity contribution in [2.24, 2.45) is 0 Å². The van der Waals surface area contributed by atoms with Crippen LogP contribution in [0.1, 0.15) is 27.8 Å². The third-order valence-corrected chi connectivity index (χ3v) is 7.22. The molecule has 0 aromatic heterocycles. The lowest BCUT2D eigenvalue weighted by atomic mass is 9.95. The summed E-state index contributed by atoms with van der Waals surface area (Å²) in [5.74, 6) is 0. The fourth-order valence-corrected chi connectivity index (χ4v) is 5.49. The molecule has 4 aromatic carbocycles. The molecule has 0 saturated carbocycles. The molecule has 0 atom stereocenters. The van der Waals surface area contributed by atoms with Crippen molar-refractivity contribution in [1.82, 2.24) is 0 Å². The molecule has 0 spiro atoms. The Morgan fingerprint density at radius 1 is 0.575 bits per heavy atom. The van der Waals surface area contributed by atoms with E-state index in [1.807, 2.05) is 54.6 Å². The Hall–Kier alpha value is -5.89. The number of alkyl halides is 3. The van der Waals surface area contributed by atoms with E-state index in [2.05, 4.69) is 9.69 Å². The first kappa shape index (κ1) is 24.4. The minimum atomic E-state index is -4.45. The third-order valence-electron chi connectivity index (χ3n) is 7.22. The van der Waals surface area contributed by atoms with Gasteiger partial charge in [-0.05, 0) is 86.0 Å². The van der Waals surface area contributed by atoms with E-state index in [0.29, 0.717) is 39.0 Å². The minimum absolute atomic E-state index is 0.0309. The van der Waals surface area contributed by atoms with Gasteiger partial charge < -0.3 is 0 Å². The predicted octanol–water partition coefficient (Wildman–Crippen LogP) is 8.74. The molecule has 186 valence electrons. The number of nitrogens with zero attached hydrogens (tertiary/aromatic N) is 4. The highest BCUT2D eigenvalue weighted by Gasteiger charge is 2.33. The Labute approximate surface area is 227 Å². The van der Waals surface area contributed by atoms with Gasteiger partial charge in [0, 0.05) is 11.1 Å². The average Bonchev–Trinajstić information content (AvgIpc) is 3.45. The van der Waals surface area contributed by atoms with E-state index >= 15 is 0 Å². The number of hydrogen-bond donors (Lipinski definition) is 0. The topological polar surface area (TPSA) is 56.3 Å². The van der Waals surface area contributed by atoms with Gasteiger partial charge in [0.15, 0.2) is 0 Å². The second-order valence-corrected chi connectivity index (χ2v) is 9.22. The van der Waals surface area contributed by atoms with E-state index in [9.17, 15) is 23.7 Å². The first-order valence-electron chi connectivity index (χ1n) is 12.0. The fourth-order valence-electron chi connectivity index (χ4n) is 5.49. The Morgan fingerprint density at radius 3 is 1.57 bits per heavy atom. The van der Waals surface area contributed by atoms with Gasteiger partial charge in [0.2, 0.25) is 0 Å². The van der Waals surface area contributed by atoms with Crippen molar-refractivity contribution < 1.29 is 13.2 Å². The number of halogens is 3. The van der Waals surface area contributed by atoms with E-state index in [1.54, 1.807) is 12.1 Å². The number of fused-ring (bicyclic) bond motifs is 6. The molecule has 0 bridgehead atoms. The second-order valence-electron chi connectivity index (χ2n) is 9.22. The summed E-state index contributed by atoms with van der Waals surface area (Å²) >= 11 is 0. The summed E-state index contributed by atoms with van der Waals surface area (Å²) in [4.78, 5) is 6.95. The molecule has 7 heteroatoms. The van der Waals surface area contributed by atoms with E-state index in [1.165, 1.54) is 12.1 Å². The van der Waals surface area contributed by atoms with Gasteiger partial charge in [0.1, 0.15) is 0 Å². The van der Waals surface area contributed by atoms with Crippen molar-refractivity contribution in [3.63, 3.8) is 0 Å². The van der Waals surface area contributed by atoms with Crippen molar-refractivity contribution in [1.29, 1.82) is 10.5 Å². The summed E-state index contributed by atoms with van der Waals surface area (Å²) < 4.78 is 39.3. The zero-order chi connectivity index (χ0) is 28.2. The van der Waals surface area contributed by atoms with Gasteiger partial charge in [-0.1, -0.05) is 48.5 Å². The Balaban J connectivity index is 1.61. The lowest BCUT2D eigenvalue weighted by Gasteiger charge is -2.10. The maximum atomic E-state index is 13.1. The second kappa shape index (κ2) is 8.85. The van der Waals surface area contributed by atoms with Crippen LogP contribution < -0.4 is 0 Å². The highest BCUT2D eigenvalue weighted by molar-refractivity contribution is 6.11.